The van der Waals surface area contributed by atoms with Crippen molar-refractivity contribution in [3.63, 3.8) is 0 Å². The zero-order valence-electron chi connectivity index (χ0n) is 17.7. The molecule has 3 unspecified atom stereocenters. The van der Waals surface area contributed by atoms with Crippen molar-refractivity contribution >= 4 is 27.6 Å². The summed E-state index contributed by atoms with van der Waals surface area (Å²) in [6, 6.07) is -0.749. The van der Waals surface area contributed by atoms with Crippen LogP contribution in [0.2, 0.25) is 0 Å². The maximum absolute atomic E-state index is 11.2. The molecular formula is C19H39N4O3P. The van der Waals surface area contributed by atoms with Crippen LogP contribution < -0.4 is 16.4 Å². The molecule has 1 aliphatic carbocycles. The van der Waals surface area contributed by atoms with E-state index in [9.17, 15) is 14.4 Å². The van der Waals surface area contributed by atoms with Crippen LogP contribution in [-0.2, 0) is 14.4 Å². The summed E-state index contributed by atoms with van der Waals surface area (Å²) < 4.78 is 2.36. The molecule has 1 saturated carbocycles. The van der Waals surface area contributed by atoms with Crippen LogP contribution in [0.3, 0.4) is 0 Å². The Morgan fingerprint density at radius 3 is 2.19 bits per heavy atom. The summed E-state index contributed by atoms with van der Waals surface area (Å²) in [4.78, 5) is 32.2. The lowest BCUT2D eigenvalue weighted by atomic mass is 9.98. The molecule has 27 heavy (non-hydrogen) atoms. The van der Waals surface area contributed by atoms with Crippen molar-refractivity contribution in [3.05, 3.63) is 0 Å². The van der Waals surface area contributed by atoms with Crippen LogP contribution in [-0.4, -0.2) is 48.6 Å². The molecule has 3 aliphatic rings. The van der Waals surface area contributed by atoms with Crippen molar-refractivity contribution in [2.24, 2.45) is 28.9 Å². The topological polar surface area (TPSA) is 105 Å². The molecule has 0 aromatic heterocycles. The summed E-state index contributed by atoms with van der Waals surface area (Å²) >= 11 is 0. The second-order valence-electron chi connectivity index (χ2n) is 7.24. The summed E-state index contributed by atoms with van der Waals surface area (Å²) in [6.45, 7) is 16.0. The number of hydrogen-bond donors (Lipinski definition) is 3. The van der Waals surface area contributed by atoms with Gasteiger partial charge >= 0.3 is 0 Å². The molecule has 3 amide bonds. The molecule has 0 aromatic rings. The minimum Gasteiger partial charge on any atom is -0.368 e. The van der Waals surface area contributed by atoms with Crippen LogP contribution >= 0.6 is 9.39 Å². The fraction of sp³-hybridized carbons (Fsp3) is 0.842. The molecular weight excluding hydrogens is 363 g/mol. The molecule has 5 atom stereocenters. The summed E-state index contributed by atoms with van der Waals surface area (Å²) in [5.41, 5.74) is 5.74. The van der Waals surface area contributed by atoms with Gasteiger partial charge in [0, 0.05) is 25.6 Å². The van der Waals surface area contributed by atoms with E-state index in [1.165, 1.54) is 13.1 Å². The van der Waals surface area contributed by atoms with Gasteiger partial charge in [-0.05, 0) is 30.1 Å². The van der Waals surface area contributed by atoms with Gasteiger partial charge in [-0.1, -0.05) is 50.9 Å². The van der Waals surface area contributed by atoms with Crippen molar-refractivity contribution in [1.82, 2.24) is 15.3 Å². The number of amides is 3. The lowest BCUT2D eigenvalue weighted by Crippen LogP contribution is -2.42. The number of primary amides is 1. The molecule has 0 aromatic carbocycles. The number of nitrogens with one attached hydrogen (secondary N) is 2. The Bertz CT molecular complexity index is 474. The lowest BCUT2D eigenvalue weighted by Gasteiger charge is -2.15. The molecule has 4 N–H and O–H groups in total. The maximum Gasteiger partial charge on any atom is 0.240 e. The Morgan fingerprint density at radius 1 is 1.33 bits per heavy atom. The Balaban J connectivity index is 0.000000445. The van der Waals surface area contributed by atoms with Crippen molar-refractivity contribution in [2.45, 2.75) is 60.4 Å². The van der Waals surface area contributed by atoms with E-state index in [1.54, 1.807) is 0 Å². The van der Waals surface area contributed by atoms with Gasteiger partial charge in [0.25, 0.3) is 0 Å². The summed E-state index contributed by atoms with van der Waals surface area (Å²) in [6.07, 6.45) is 1.38. The molecule has 8 heteroatoms. The molecule has 0 radical (unpaired) electrons. The van der Waals surface area contributed by atoms with Crippen LogP contribution in [0.5, 0.6) is 0 Å². The zero-order chi connectivity index (χ0) is 21.2. The number of piperidine rings is 1. The number of carbonyl (C=O) groups excluding carboxylic acids is 3. The standard InChI is InChI=1S/C8H13N3O3.C7H14NP.2C2H6/c9-7(13)6(11-4-12)3-5-1-2-10-8(5)14;1-7(2)5-3-8(9)4-6(5)7;2*1-2/h4-6H,1-3H2,(H2,9,13)(H,10,14)(H,11,12);5-6H,3-4,9H2,1-2H3;2*1-2H3/t5?,6-;5-,6?;;/m00../s1. The van der Waals surface area contributed by atoms with Gasteiger partial charge < -0.3 is 16.4 Å². The number of fused-ring (bicyclic) bond motifs is 1. The highest BCUT2D eigenvalue weighted by Gasteiger charge is 2.61. The van der Waals surface area contributed by atoms with Crippen LogP contribution in [0, 0.1) is 23.2 Å². The highest BCUT2D eigenvalue weighted by Crippen LogP contribution is 2.62. The second kappa shape index (κ2) is 12.3. The third-order valence-corrected chi connectivity index (χ3v) is 5.87. The van der Waals surface area contributed by atoms with Gasteiger partial charge in [0.15, 0.2) is 0 Å². The van der Waals surface area contributed by atoms with Crippen LogP contribution in [0.25, 0.3) is 0 Å². The average molecular weight is 403 g/mol. The Morgan fingerprint density at radius 2 is 1.85 bits per heavy atom. The van der Waals surface area contributed by atoms with Gasteiger partial charge in [-0.2, -0.15) is 0 Å². The van der Waals surface area contributed by atoms with E-state index in [4.69, 9.17) is 5.73 Å². The second-order valence-corrected chi connectivity index (χ2v) is 7.97. The molecule has 3 rings (SSSR count). The van der Waals surface area contributed by atoms with E-state index >= 15 is 0 Å². The maximum atomic E-state index is 11.2. The third-order valence-electron chi connectivity index (χ3n) is 5.45. The first-order valence-corrected chi connectivity index (χ1v) is 10.5. The number of hydrogen-bond acceptors (Lipinski definition) is 4. The molecule has 2 saturated heterocycles. The van der Waals surface area contributed by atoms with Crippen molar-refractivity contribution in [3.8, 4) is 0 Å². The monoisotopic (exact) mass is 402 g/mol. The summed E-state index contributed by atoms with van der Waals surface area (Å²) in [5.74, 6) is 1.10. The number of carbonyl (C=O) groups is 3. The molecule has 0 bridgehead atoms. The van der Waals surface area contributed by atoms with Crippen LogP contribution in [0.1, 0.15) is 54.4 Å². The van der Waals surface area contributed by atoms with Crippen molar-refractivity contribution < 1.29 is 14.4 Å². The number of nitrogens with zero attached hydrogens (tertiary/aromatic N) is 1. The van der Waals surface area contributed by atoms with Gasteiger partial charge in [0.05, 0.1) is 0 Å². The predicted molar refractivity (Wildman–Crippen MR) is 113 cm³/mol. The largest absolute Gasteiger partial charge is 0.368 e. The van der Waals surface area contributed by atoms with Gasteiger partial charge in [0.2, 0.25) is 18.2 Å². The van der Waals surface area contributed by atoms with E-state index in [0.717, 1.165) is 11.8 Å². The van der Waals surface area contributed by atoms with Crippen molar-refractivity contribution in [2.75, 3.05) is 19.6 Å². The minimum absolute atomic E-state index is 0.0797. The van der Waals surface area contributed by atoms with E-state index < -0.39 is 11.9 Å². The quantitative estimate of drug-likeness (QED) is 0.479. The third kappa shape index (κ3) is 7.38. The highest BCUT2D eigenvalue weighted by atomic mass is 31.0. The van der Waals surface area contributed by atoms with Gasteiger partial charge in [-0.3, -0.25) is 19.1 Å². The first-order chi connectivity index (χ1) is 12.8. The Hall–Kier alpha value is -1.20. The van der Waals surface area contributed by atoms with E-state index in [2.05, 4.69) is 38.5 Å². The fourth-order valence-electron chi connectivity index (χ4n) is 3.67. The van der Waals surface area contributed by atoms with Gasteiger partial charge in [-0.25, -0.2) is 0 Å². The van der Waals surface area contributed by atoms with Crippen LogP contribution in [0.4, 0.5) is 0 Å². The molecule has 158 valence electrons. The summed E-state index contributed by atoms with van der Waals surface area (Å²) in [5, 5.41) is 4.94. The van der Waals surface area contributed by atoms with Crippen molar-refractivity contribution in [1.29, 1.82) is 0 Å². The Labute approximate surface area is 166 Å². The molecule has 3 fully saturated rings. The van der Waals surface area contributed by atoms with E-state index in [-0.39, 0.29) is 18.2 Å². The number of nitrogens with two attached hydrogens (primary N) is 1. The highest BCUT2D eigenvalue weighted by molar-refractivity contribution is 7.13. The molecule has 7 nitrogen and oxygen atoms in total. The van der Waals surface area contributed by atoms with E-state index in [0.29, 0.717) is 24.8 Å². The lowest BCUT2D eigenvalue weighted by molar-refractivity contribution is -0.125. The normalized spacial score (nSPS) is 27.8. The molecule has 2 aliphatic heterocycles. The SMILES string of the molecule is CC.CC.CC1(C)C2CN(P)C[C@@H]21.NC(=O)[C@H](CC1CCNC1=O)NC=O. The van der Waals surface area contributed by atoms with E-state index in [1.807, 2.05) is 27.7 Å². The minimum atomic E-state index is -0.749. The first kappa shape index (κ1) is 25.8. The fourth-order valence-corrected chi connectivity index (χ4v) is 4.12. The average Bonchev–Trinajstić information content (AvgIpc) is 3.03. The van der Waals surface area contributed by atoms with Crippen LogP contribution in [0.15, 0.2) is 0 Å². The number of rotatable bonds is 5. The zero-order valence-corrected chi connectivity index (χ0v) is 18.9. The first-order valence-electron chi connectivity index (χ1n) is 10.0. The van der Waals surface area contributed by atoms with Gasteiger partial charge in [0.1, 0.15) is 6.04 Å². The summed E-state index contributed by atoms with van der Waals surface area (Å²) in [7, 11) is 2.79. The van der Waals surface area contributed by atoms with Gasteiger partial charge in [-0.15, -0.1) is 0 Å². The Kier molecular flexibility index (Phi) is 11.7. The predicted octanol–water partition coefficient (Wildman–Crippen LogP) is 1.53. The molecule has 2 heterocycles. The molecule has 0 spiro atoms. The smallest absolute Gasteiger partial charge is 0.240 e.